The fraction of sp³-hybridized carbons (Fsp3) is 0.421. The van der Waals surface area contributed by atoms with E-state index < -0.39 is 5.60 Å². The zero-order valence-electron chi connectivity index (χ0n) is 14.3. The van der Waals surface area contributed by atoms with Gasteiger partial charge in [-0.1, -0.05) is 30.3 Å². The third-order valence-corrected chi connectivity index (χ3v) is 5.65. The molecule has 1 aromatic heterocycles. The van der Waals surface area contributed by atoms with E-state index in [1.807, 2.05) is 25.2 Å². The molecule has 3 rings (SSSR count). The number of guanidine groups is 1. The van der Waals surface area contributed by atoms with Gasteiger partial charge in [-0.3, -0.25) is 4.99 Å². The number of fused-ring (bicyclic) bond motifs is 1. The Kier molecular flexibility index (Phi) is 5.21. The quantitative estimate of drug-likeness (QED) is 0.648. The minimum Gasteiger partial charge on any atom is -0.383 e. The minimum absolute atomic E-state index is 0.486. The van der Waals surface area contributed by atoms with E-state index in [1.165, 1.54) is 10.4 Å². The third-order valence-electron chi connectivity index (χ3n) is 4.71. The molecule has 0 saturated carbocycles. The van der Waals surface area contributed by atoms with E-state index in [4.69, 9.17) is 0 Å². The summed E-state index contributed by atoms with van der Waals surface area (Å²) in [5.74, 6) is 0.823. The molecular weight excluding hydrogens is 318 g/mol. The Balaban J connectivity index is 1.58. The molecular formula is C19H25N3OS. The molecule has 1 aromatic carbocycles. The molecule has 24 heavy (non-hydrogen) atoms. The summed E-state index contributed by atoms with van der Waals surface area (Å²) in [6, 6.07) is 12.4. The van der Waals surface area contributed by atoms with Crippen LogP contribution in [0.1, 0.15) is 22.4 Å². The number of rotatable bonds is 5. The fourth-order valence-electron chi connectivity index (χ4n) is 3.30. The Morgan fingerprint density at radius 2 is 2.17 bits per heavy atom. The van der Waals surface area contributed by atoms with Crippen LogP contribution in [0.25, 0.3) is 0 Å². The van der Waals surface area contributed by atoms with Crippen molar-refractivity contribution in [2.24, 2.45) is 4.99 Å². The van der Waals surface area contributed by atoms with Gasteiger partial charge in [0.05, 0.1) is 6.54 Å². The second kappa shape index (κ2) is 7.36. The summed E-state index contributed by atoms with van der Waals surface area (Å²) in [4.78, 5) is 7.85. The van der Waals surface area contributed by atoms with Crippen molar-refractivity contribution in [3.63, 3.8) is 0 Å². The molecule has 2 aromatic rings. The third kappa shape index (κ3) is 3.62. The van der Waals surface area contributed by atoms with Gasteiger partial charge in [0.2, 0.25) is 0 Å². The molecule has 1 aliphatic carbocycles. The van der Waals surface area contributed by atoms with Gasteiger partial charge in [-0.15, -0.1) is 11.3 Å². The van der Waals surface area contributed by atoms with Gasteiger partial charge >= 0.3 is 0 Å². The number of benzene rings is 1. The molecule has 4 nitrogen and oxygen atoms in total. The number of nitrogens with one attached hydrogen (secondary N) is 1. The van der Waals surface area contributed by atoms with Gasteiger partial charge in [0, 0.05) is 25.5 Å². The zero-order chi connectivity index (χ0) is 17.0. The Morgan fingerprint density at radius 1 is 1.33 bits per heavy atom. The van der Waals surface area contributed by atoms with Gasteiger partial charge in [-0.2, -0.15) is 0 Å². The van der Waals surface area contributed by atoms with E-state index in [9.17, 15) is 5.11 Å². The van der Waals surface area contributed by atoms with Crippen molar-refractivity contribution < 1.29 is 5.11 Å². The smallest absolute Gasteiger partial charge is 0.193 e. The van der Waals surface area contributed by atoms with E-state index in [0.717, 1.165) is 37.3 Å². The van der Waals surface area contributed by atoms with Gasteiger partial charge in [0.25, 0.3) is 0 Å². The van der Waals surface area contributed by atoms with Crippen molar-refractivity contribution in [1.29, 1.82) is 0 Å². The van der Waals surface area contributed by atoms with Gasteiger partial charge in [0.1, 0.15) is 5.60 Å². The van der Waals surface area contributed by atoms with Crippen LogP contribution in [-0.2, 0) is 18.4 Å². The molecule has 0 amide bonds. The first kappa shape index (κ1) is 17.0. The summed E-state index contributed by atoms with van der Waals surface area (Å²) in [6.07, 6.45) is 2.69. The molecule has 5 heteroatoms. The molecule has 1 heterocycles. The number of aliphatic hydroxyl groups is 1. The summed E-state index contributed by atoms with van der Waals surface area (Å²) in [7, 11) is 3.83. The average Bonchev–Trinajstić information content (AvgIpc) is 3.23. The van der Waals surface area contributed by atoms with Crippen molar-refractivity contribution >= 4 is 17.3 Å². The van der Waals surface area contributed by atoms with Crippen LogP contribution in [0.3, 0.4) is 0 Å². The number of likely N-dealkylation sites (N-methyl/N-ethyl adjacent to an activating group) is 1. The summed E-state index contributed by atoms with van der Waals surface area (Å²) in [6.45, 7) is 1.38. The van der Waals surface area contributed by atoms with Crippen LogP contribution in [-0.4, -0.2) is 43.2 Å². The topological polar surface area (TPSA) is 47.9 Å². The maximum Gasteiger partial charge on any atom is 0.193 e. The van der Waals surface area contributed by atoms with E-state index in [1.54, 1.807) is 18.4 Å². The Morgan fingerprint density at radius 3 is 2.92 bits per heavy atom. The molecule has 0 bridgehead atoms. The number of thiophene rings is 1. The van der Waals surface area contributed by atoms with Crippen LogP contribution in [0, 0.1) is 0 Å². The number of nitrogens with zero attached hydrogens (tertiary/aromatic N) is 2. The van der Waals surface area contributed by atoms with E-state index in [0.29, 0.717) is 6.54 Å². The second-order valence-electron chi connectivity index (χ2n) is 6.34. The first-order valence-corrected chi connectivity index (χ1v) is 9.25. The van der Waals surface area contributed by atoms with E-state index in [2.05, 4.69) is 38.8 Å². The van der Waals surface area contributed by atoms with Crippen LogP contribution in [0.5, 0.6) is 0 Å². The molecule has 2 N–H and O–H groups in total. The standard InChI is InChI=1S/C19H25N3OS/c1-20-18(22(2)12-10-16-7-5-13-24-16)21-14-19(23)11-9-15-6-3-4-8-17(15)19/h3-8,13,23H,9-12,14H2,1-2H3,(H,20,21). The summed E-state index contributed by atoms with van der Waals surface area (Å²) < 4.78 is 0. The lowest BCUT2D eigenvalue weighted by Gasteiger charge is -2.28. The van der Waals surface area contributed by atoms with Crippen molar-refractivity contribution in [3.8, 4) is 0 Å². The van der Waals surface area contributed by atoms with Crippen molar-refractivity contribution in [3.05, 3.63) is 57.8 Å². The second-order valence-corrected chi connectivity index (χ2v) is 7.37. The van der Waals surface area contributed by atoms with Crippen molar-refractivity contribution in [2.45, 2.75) is 24.9 Å². The predicted octanol–water partition coefficient (Wildman–Crippen LogP) is 2.63. The highest BCUT2D eigenvalue weighted by atomic mass is 32.1. The lowest BCUT2D eigenvalue weighted by Crippen LogP contribution is -2.46. The first-order valence-electron chi connectivity index (χ1n) is 8.37. The van der Waals surface area contributed by atoms with Gasteiger partial charge in [-0.25, -0.2) is 0 Å². The number of hydrogen-bond donors (Lipinski definition) is 2. The first-order chi connectivity index (χ1) is 11.6. The molecule has 0 spiro atoms. The molecule has 1 unspecified atom stereocenters. The SMILES string of the molecule is CN=C(NCC1(O)CCc2ccccc21)N(C)CCc1cccs1. The van der Waals surface area contributed by atoms with Gasteiger partial charge in [-0.05, 0) is 41.8 Å². The average molecular weight is 343 g/mol. The van der Waals surface area contributed by atoms with Crippen LogP contribution in [0.2, 0.25) is 0 Å². The molecule has 1 atom stereocenters. The highest BCUT2D eigenvalue weighted by molar-refractivity contribution is 7.09. The van der Waals surface area contributed by atoms with Crippen molar-refractivity contribution in [2.75, 3.05) is 27.2 Å². The molecule has 0 fully saturated rings. The molecule has 0 aliphatic heterocycles. The number of aliphatic imine (C=N–C) groups is 1. The molecule has 0 radical (unpaired) electrons. The van der Waals surface area contributed by atoms with Crippen LogP contribution >= 0.6 is 11.3 Å². The maximum absolute atomic E-state index is 11.0. The monoisotopic (exact) mass is 343 g/mol. The molecule has 128 valence electrons. The number of aryl methyl sites for hydroxylation is 1. The minimum atomic E-state index is -0.804. The molecule has 1 aliphatic rings. The zero-order valence-corrected chi connectivity index (χ0v) is 15.1. The lowest BCUT2D eigenvalue weighted by molar-refractivity contribution is 0.0427. The summed E-state index contributed by atoms with van der Waals surface area (Å²) >= 11 is 1.78. The van der Waals surface area contributed by atoms with E-state index in [-0.39, 0.29) is 0 Å². The summed E-state index contributed by atoms with van der Waals surface area (Å²) in [5.41, 5.74) is 1.50. The van der Waals surface area contributed by atoms with E-state index >= 15 is 0 Å². The van der Waals surface area contributed by atoms with Crippen molar-refractivity contribution in [1.82, 2.24) is 10.2 Å². The summed E-state index contributed by atoms with van der Waals surface area (Å²) in [5, 5.41) is 16.5. The molecule has 0 saturated heterocycles. The maximum atomic E-state index is 11.0. The number of hydrogen-bond acceptors (Lipinski definition) is 3. The Labute approximate surface area is 147 Å². The normalized spacial score (nSPS) is 20.0. The highest BCUT2D eigenvalue weighted by Crippen LogP contribution is 2.36. The van der Waals surface area contributed by atoms with Gasteiger partial charge < -0.3 is 15.3 Å². The Hall–Kier alpha value is -1.85. The van der Waals surface area contributed by atoms with Crippen LogP contribution in [0.15, 0.2) is 46.8 Å². The Bertz CT molecular complexity index is 698. The lowest BCUT2D eigenvalue weighted by atomic mass is 9.96. The largest absolute Gasteiger partial charge is 0.383 e. The fourth-order valence-corrected chi connectivity index (χ4v) is 4.00. The highest BCUT2D eigenvalue weighted by Gasteiger charge is 2.36. The van der Waals surface area contributed by atoms with Crippen LogP contribution in [0.4, 0.5) is 0 Å². The van der Waals surface area contributed by atoms with Crippen LogP contribution < -0.4 is 5.32 Å². The van der Waals surface area contributed by atoms with Gasteiger partial charge in [0.15, 0.2) is 5.96 Å². The predicted molar refractivity (Wildman–Crippen MR) is 101 cm³/mol.